The van der Waals surface area contributed by atoms with Gasteiger partial charge in [0.05, 0.1) is 0 Å². The largest absolute Gasteiger partial charge is 0.387 e. The zero-order valence-electron chi connectivity index (χ0n) is 28.0. The van der Waals surface area contributed by atoms with Crippen LogP contribution in [-0.4, -0.2) is 42.0 Å². The Morgan fingerprint density at radius 3 is 1.60 bits per heavy atom. The van der Waals surface area contributed by atoms with Gasteiger partial charge in [-0.25, -0.2) is 33.0 Å². The number of carbonyl (C=O) groups excluding carboxylic acids is 1. The smallest absolute Gasteiger partial charge is 0.333 e. The van der Waals surface area contributed by atoms with E-state index in [1.165, 1.54) is 80.1 Å². The van der Waals surface area contributed by atoms with E-state index in [9.17, 15) is 21.6 Å². The second-order valence-corrected chi connectivity index (χ2v) is 15.9. The zero-order chi connectivity index (χ0) is 35.6. The summed E-state index contributed by atoms with van der Waals surface area (Å²) in [5, 5.41) is 16.0. The standard InChI is InChI=1S/C17H20N4O3S.C13H13NO.C4H7N3O2S/c1-21-9-8-18-17(21)25(23,24)20-16(22)19-15-13-6-2-4-11(13)10-12-5-3-7-14(12)15;14-8-15-13-11-5-1-3-9(11)7-10-4-2-6-12(10)13;1-7-3-2-6-4(7)10(5,8)9/h8-10H,2-7H2,1H3,(H2,19,20,22);7H,1-6H2;2-3H,1H3,(H2,5,8,9). The third kappa shape index (κ3) is 7.25. The van der Waals surface area contributed by atoms with E-state index in [0.29, 0.717) is 0 Å². The lowest BCUT2D eigenvalue weighted by Crippen LogP contribution is -2.36. The van der Waals surface area contributed by atoms with Crippen molar-refractivity contribution < 1.29 is 26.4 Å². The Kier molecular flexibility index (Phi) is 10.0. The summed E-state index contributed by atoms with van der Waals surface area (Å²) in [5.41, 5.74) is 11.1. The van der Waals surface area contributed by atoms with Gasteiger partial charge in [0.25, 0.3) is 26.3 Å². The molecular formula is C34H40N8O6S2. The molecule has 0 unspecified atom stereocenters. The fourth-order valence-electron chi connectivity index (χ4n) is 7.44. The molecule has 2 aromatic carbocycles. The van der Waals surface area contributed by atoms with Crippen LogP contribution >= 0.6 is 0 Å². The lowest BCUT2D eigenvalue weighted by atomic mass is 9.99. The molecule has 4 aromatic rings. The van der Waals surface area contributed by atoms with Crippen molar-refractivity contribution in [1.82, 2.24) is 23.8 Å². The van der Waals surface area contributed by atoms with Crippen LogP contribution in [0.3, 0.4) is 0 Å². The number of aryl methyl sites for hydroxylation is 6. The second kappa shape index (κ2) is 14.3. The number of benzene rings is 2. The lowest BCUT2D eigenvalue weighted by molar-refractivity contribution is 0.256. The third-order valence-electron chi connectivity index (χ3n) is 9.55. The molecule has 4 N–H and O–H groups in total. The van der Waals surface area contributed by atoms with Crippen LogP contribution in [0.1, 0.15) is 70.2 Å². The number of urea groups is 1. The van der Waals surface area contributed by atoms with Gasteiger partial charge in [-0.15, -0.1) is 5.26 Å². The fourth-order valence-corrected chi connectivity index (χ4v) is 9.14. The van der Waals surface area contributed by atoms with Gasteiger partial charge in [-0.1, -0.05) is 12.1 Å². The number of anilines is 1. The topological polar surface area (TPSA) is 204 Å². The summed E-state index contributed by atoms with van der Waals surface area (Å²) in [4.78, 5) is 19.7. The van der Waals surface area contributed by atoms with Gasteiger partial charge in [-0.3, -0.25) is 0 Å². The molecule has 50 heavy (non-hydrogen) atoms. The molecule has 0 bridgehead atoms. The number of primary sulfonamides is 1. The van der Waals surface area contributed by atoms with Gasteiger partial charge < -0.3 is 19.2 Å². The van der Waals surface area contributed by atoms with Crippen molar-refractivity contribution in [3.05, 3.63) is 81.4 Å². The Balaban J connectivity index is 0.000000146. The zero-order valence-corrected chi connectivity index (χ0v) is 29.7. The minimum atomic E-state index is -4.01. The molecule has 0 radical (unpaired) electrons. The monoisotopic (exact) mass is 720 g/mol. The molecule has 2 amide bonds. The molecule has 8 rings (SSSR count). The molecule has 0 fully saturated rings. The fraction of sp³-hybridized carbons (Fsp3) is 0.412. The van der Waals surface area contributed by atoms with Gasteiger partial charge >= 0.3 is 6.03 Å². The lowest BCUT2D eigenvalue weighted by Gasteiger charge is -2.16. The third-order valence-corrected chi connectivity index (χ3v) is 11.8. The minimum Gasteiger partial charge on any atom is -0.387 e. The van der Waals surface area contributed by atoms with Crippen molar-refractivity contribution in [2.75, 3.05) is 5.32 Å². The molecule has 16 heteroatoms. The molecule has 4 aliphatic rings. The van der Waals surface area contributed by atoms with Gasteiger partial charge in [0, 0.05) is 44.6 Å². The number of nitriles is 1. The predicted molar refractivity (Wildman–Crippen MR) is 184 cm³/mol. The van der Waals surface area contributed by atoms with Crippen LogP contribution in [0.25, 0.3) is 0 Å². The average Bonchev–Trinajstić information content (AvgIpc) is 3.88. The molecule has 0 aliphatic heterocycles. The summed E-state index contributed by atoms with van der Waals surface area (Å²) in [5.74, 6) is 0.903. The van der Waals surface area contributed by atoms with E-state index in [-0.39, 0.29) is 10.3 Å². The molecule has 0 saturated carbocycles. The van der Waals surface area contributed by atoms with E-state index in [4.69, 9.17) is 15.1 Å². The number of nitrogens with two attached hydrogens (primary N) is 1. The first-order chi connectivity index (χ1) is 23.9. The van der Waals surface area contributed by atoms with Crippen LogP contribution in [0.4, 0.5) is 10.5 Å². The number of ether oxygens (including phenoxy) is 1. The summed E-state index contributed by atoms with van der Waals surface area (Å²) in [6.45, 7) is 0. The maximum atomic E-state index is 12.4. The van der Waals surface area contributed by atoms with Crippen LogP contribution < -0.4 is 19.9 Å². The number of sulfonamides is 2. The van der Waals surface area contributed by atoms with E-state index in [0.717, 1.165) is 86.8 Å². The highest BCUT2D eigenvalue weighted by atomic mass is 32.2. The maximum Gasteiger partial charge on any atom is 0.333 e. The summed E-state index contributed by atoms with van der Waals surface area (Å²) >= 11 is 0. The second-order valence-electron chi connectivity index (χ2n) is 12.9. The molecule has 0 spiro atoms. The molecule has 264 valence electrons. The highest BCUT2D eigenvalue weighted by Crippen LogP contribution is 2.40. The number of carbonyl (C=O) groups is 1. The number of amides is 2. The number of hydrogen-bond donors (Lipinski definition) is 3. The van der Waals surface area contributed by atoms with Crippen LogP contribution in [0, 0.1) is 11.5 Å². The quantitative estimate of drug-likeness (QED) is 0.258. The summed E-state index contributed by atoms with van der Waals surface area (Å²) < 4.78 is 55.8. The van der Waals surface area contributed by atoms with Gasteiger partial charge in [-0.2, -0.15) is 8.42 Å². The average molecular weight is 721 g/mol. The molecule has 0 saturated heterocycles. The number of fused-ring (bicyclic) bond motifs is 4. The maximum absolute atomic E-state index is 12.4. The van der Waals surface area contributed by atoms with E-state index in [1.807, 2.05) is 6.26 Å². The molecule has 0 atom stereocenters. The molecular weight excluding hydrogens is 681 g/mol. The van der Waals surface area contributed by atoms with Crippen molar-refractivity contribution in [1.29, 1.82) is 5.26 Å². The molecule has 4 aliphatic carbocycles. The Morgan fingerprint density at radius 1 is 0.760 bits per heavy atom. The van der Waals surface area contributed by atoms with Crippen molar-refractivity contribution in [2.45, 2.75) is 87.4 Å². The molecule has 2 aromatic heterocycles. The van der Waals surface area contributed by atoms with E-state index >= 15 is 0 Å². The number of nitrogens with one attached hydrogen (secondary N) is 2. The molecule has 14 nitrogen and oxygen atoms in total. The first kappa shape index (κ1) is 35.1. The summed E-state index contributed by atoms with van der Waals surface area (Å²) in [6, 6.07) is 3.87. The van der Waals surface area contributed by atoms with Crippen LogP contribution in [-0.2, 0) is 85.5 Å². The van der Waals surface area contributed by atoms with Crippen molar-refractivity contribution in [3.63, 3.8) is 0 Å². The normalized spacial score (nSPS) is 15.3. The Labute approximate surface area is 291 Å². The van der Waals surface area contributed by atoms with E-state index in [1.54, 1.807) is 14.1 Å². The van der Waals surface area contributed by atoms with Crippen LogP contribution in [0.15, 0.2) is 47.2 Å². The molecule has 2 heterocycles. The van der Waals surface area contributed by atoms with Crippen molar-refractivity contribution in [2.24, 2.45) is 19.2 Å². The number of rotatable bonds is 5. The SMILES string of the molecule is Cn1ccnc1S(=O)(=O)NC(=O)Nc1c2c(cc3c1CCC3)CCC2.Cn1ccnc1S(N)(=O)=O.N#COc1c2c(cc3c1CCC3)CCC2. The number of hydrogen-bond acceptors (Lipinski definition) is 9. The first-order valence-electron chi connectivity index (χ1n) is 16.6. The Bertz CT molecular complexity index is 2150. The summed E-state index contributed by atoms with van der Waals surface area (Å²) in [6.07, 6.45) is 20.5. The van der Waals surface area contributed by atoms with Gasteiger partial charge in [-0.05, 0) is 122 Å². The number of nitrogens with zero attached hydrogens (tertiary/aromatic N) is 5. The number of aromatic nitrogens is 4. The van der Waals surface area contributed by atoms with Crippen molar-refractivity contribution in [3.8, 4) is 12.0 Å². The van der Waals surface area contributed by atoms with Gasteiger partial charge in [0.15, 0.2) is 0 Å². The predicted octanol–water partition coefficient (Wildman–Crippen LogP) is 3.50. The van der Waals surface area contributed by atoms with Gasteiger partial charge in [0.1, 0.15) is 5.75 Å². The van der Waals surface area contributed by atoms with Crippen LogP contribution in [0.2, 0.25) is 0 Å². The highest BCUT2D eigenvalue weighted by Gasteiger charge is 2.28. The van der Waals surface area contributed by atoms with E-state index < -0.39 is 26.1 Å². The Hall–Kier alpha value is -4.72. The van der Waals surface area contributed by atoms with Crippen LogP contribution in [0.5, 0.6) is 5.75 Å². The first-order valence-corrected chi connectivity index (χ1v) is 19.6. The minimum absolute atomic E-state index is 0.118. The highest BCUT2D eigenvalue weighted by molar-refractivity contribution is 7.90. The Morgan fingerprint density at radius 2 is 1.20 bits per heavy atom. The van der Waals surface area contributed by atoms with Gasteiger partial charge in [0.2, 0.25) is 10.3 Å². The van der Waals surface area contributed by atoms with E-state index in [2.05, 4.69) is 32.1 Å². The summed E-state index contributed by atoms with van der Waals surface area (Å²) in [7, 11) is -4.52. The number of imidazole rings is 2. The van der Waals surface area contributed by atoms with Crippen molar-refractivity contribution >= 4 is 31.8 Å².